The van der Waals surface area contributed by atoms with Gasteiger partial charge in [0.05, 0.1) is 0 Å². The van der Waals surface area contributed by atoms with Crippen LogP contribution in [-0.2, 0) is 6.54 Å². The van der Waals surface area contributed by atoms with Crippen LogP contribution in [0.3, 0.4) is 0 Å². The third-order valence-electron chi connectivity index (χ3n) is 2.58. The number of aromatic amines is 1. The van der Waals surface area contributed by atoms with Gasteiger partial charge in [-0.05, 0) is 23.8 Å². The maximum Gasteiger partial charge on any atom is 0.251 e. The molecule has 0 amide bonds. The van der Waals surface area contributed by atoms with Crippen LogP contribution in [0.25, 0.3) is 0 Å². The monoisotopic (exact) mass is 309 g/mol. The summed E-state index contributed by atoms with van der Waals surface area (Å²) in [6, 6.07) is 7.50. The number of nitrogens with one attached hydrogen (secondary N) is 2. The molecule has 2 aromatic rings. The Labute approximate surface area is 127 Å². The van der Waals surface area contributed by atoms with Crippen molar-refractivity contribution in [1.29, 1.82) is 0 Å². The molecule has 0 atom stereocenters. The minimum absolute atomic E-state index is 0.154. The van der Waals surface area contributed by atoms with E-state index in [4.69, 9.17) is 11.6 Å². The Hall–Kier alpha value is -1.30. The highest BCUT2D eigenvalue weighted by Gasteiger charge is 2.07. The molecule has 0 aliphatic carbocycles. The van der Waals surface area contributed by atoms with Crippen molar-refractivity contribution in [3.8, 4) is 0 Å². The first-order valence-electron chi connectivity index (χ1n) is 6.29. The van der Waals surface area contributed by atoms with E-state index >= 15 is 0 Å². The first kappa shape index (κ1) is 15.1. The Balaban J connectivity index is 2.24. The molecule has 2 N–H and O–H groups in total. The van der Waals surface area contributed by atoms with Crippen molar-refractivity contribution >= 4 is 23.4 Å². The molecule has 0 bridgehead atoms. The summed E-state index contributed by atoms with van der Waals surface area (Å²) in [6.45, 7) is 4.90. The highest BCUT2D eigenvalue weighted by Crippen LogP contribution is 2.29. The molecule has 0 spiro atoms. The normalized spacial score (nSPS) is 11.0. The van der Waals surface area contributed by atoms with E-state index in [0.29, 0.717) is 16.2 Å². The molecular formula is C14H16ClN3OS. The number of hydrogen-bond acceptors (Lipinski definition) is 4. The van der Waals surface area contributed by atoms with Crippen molar-refractivity contribution in [3.63, 3.8) is 0 Å². The molecule has 0 saturated heterocycles. The van der Waals surface area contributed by atoms with Gasteiger partial charge in [0.1, 0.15) is 0 Å². The SMILES string of the molecule is CC(C)NCc1cc(Cl)ccc1Sc1nccc(=O)[nH]1. The van der Waals surface area contributed by atoms with Gasteiger partial charge < -0.3 is 10.3 Å². The van der Waals surface area contributed by atoms with Crippen LogP contribution in [0.1, 0.15) is 19.4 Å². The van der Waals surface area contributed by atoms with Crippen molar-refractivity contribution < 1.29 is 0 Å². The lowest BCUT2D eigenvalue weighted by Crippen LogP contribution is -2.22. The van der Waals surface area contributed by atoms with E-state index in [1.165, 1.54) is 24.0 Å². The first-order valence-corrected chi connectivity index (χ1v) is 7.49. The molecule has 0 aliphatic heterocycles. The molecule has 6 heteroatoms. The van der Waals surface area contributed by atoms with Crippen LogP contribution in [0.2, 0.25) is 5.02 Å². The van der Waals surface area contributed by atoms with Crippen molar-refractivity contribution in [1.82, 2.24) is 15.3 Å². The van der Waals surface area contributed by atoms with Crippen molar-refractivity contribution in [2.24, 2.45) is 0 Å². The number of aromatic nitrogens is 2. The molecule has 20 heavy (non-hydrogen) atoms. The molecule has 1 heterocycles. The predicted octanol–water partition coefficient (Wildman–Crippen LogP) is 3.07. The average Bonchev–Trinajstić information content (AvgIpc) is 2.39. The Bertz CT molecular complexity index is 642. The molecule has 106 valence electrons. The van der Waals surface area contributed by atoms with Gasteiger partial charge in [0.2, 0.25) is 0 Å². The van der Waals surface area contributed by atoms with E-state index in [2.05, 4.69) is 29.1 Å². The molecule has 0 saturated carbocycles. The quantitative estimate of drug-likeness (QED) is 0.833. The summed E-state index contributed by atoms with van der Waals surface area (Å²) in [5, 5.41) is 4.64. The minimum Gasteiger partial charge on any atom is -0.310 e. The Morgan fingerprint density at radius 1 is 1.40 bits per heavy atom. The third kappa shape index (κ3) is 4.37. The summed E-state index contributed by atoms with van der Waals surface area (Å²) >= 11 is 7.47. The van der Waals surface area contributed by atoms with Crippen LogP contribution in [0.15, 0.2) is 45.3 Å². The fourth-order valence-electron chi connectivity index (χ4n) is 1.61. The largest absolute Gasteiger partial charge is 0.310 e. The summed E-state index contributed by atoms with van der Waals surface area (Å²) in [4.78, 5) is 19.2. The van der Waals surface area contributed by atoms with Gasteiger partial charge in [-0.15, -0.1) is 0 Å². The van der Waals surface area contributed by atoms with E-state index in [1.54, 1.807) is 0 Å². The molecular weight excluding hydrogens is 294 g/mol. The van der Waals surface area contributed by atoms with Crippen molar-refractivity contribution in [2.45, 2.75) is 36.5 Å². The van der Waals surface area contributed by atoms with Crippen molar-refractivity contribution in [2.75, 3.05) is 0 Å². The molecule has 0 radical (unpaired) electrons. The topological polar surface area (TPSA) is 57.8 Å². The summed E-state index contributed by atoms with van der Waals surface area (Å²) in [5.74, 6) is 0. The molecule has 0 unspecified atom stereocenters. The highest BCUT2D eigenvalue weighted by molar-refractivity contribution is 7.99. The van der Waals surface area contributed by atoms with Crippen LogP contribution in [0.5, 0.6) is 0 Å². The van der Waals surface area contributed by atoms with Gasteiger partial charge in [-0.25, -0.2) is 4.98 Å². The zero-order valence-corrected chi connectivity index (χ0v) is 12.9. The highest BCUT2D eigenvalue weighted by atomic mass is 35.5. The number of H-pyrrole nitrogens is 1. The van der Waals surface area contributed by atoms with E-state index < -0.39 is 0 Å². The Kier molecular flexibility index (Phi) is 5.23. The van der Waals surface area contributed by atoms with Crippen LogP contribution < -0.4 is 10.9 Å². The summed E-state index contributed by atoms with van der Waals surface area (Å²) in [6.07, 6.45) is 1.50. The van der Waals surface area contributed by atoms with Gasteiger partial charge in [-0.1, -0.05) is 37.2 Å². The summed E-state index contributed by atoms with van der Waals surface area (Å²) in [5.41, 5.74) is 0.932. The zero-order valence-electron chi connectivity index (χ0n) is 11.3. The standard InChI is InChI=1S/C14H16ClN3OS/c1-9(2)17-8-10-7-11(15)3-4-12(10)20-14-16-6-5-13(19)18-14/h3-7,9,17H,8H2,1-2H3,(H,16,18,19). The van der Waals surface area contributed by atoms with Crippen LogP contribution >= 0.6 is 23.4 Å². The fourth-order valence-corrected chi connectivity index (χ4v) is 2.67. The number of halogens is 1. The first-order chi connectivity index (χ1) is 9.54. The number of hydrogen-bond donors (Lipinski definition) is 2. The molecule has 2 rings (SSSR count). The van der Waals surface area contributed by atoms with Crippen LogP contribution in [0.4, 0.5) is 0 Å². The van der Waals surface area contributed by atoms with E-state index in [0.717, 1.165) is 17.0 Å². The average molecular weight is 310 g/mol. The van der Waals surface area contributed by atoms with Crippen molar-refractivity contribution in [3.05, 3.63) is 51.4 Å². The lowest BCUT2D eigenvalue weighted by molar-refractivity contribution is 0.584. The van der Waals surface area contributed by atoms with Gasteiger partial charge in [0.25, 0.3) is 5.56 Å². The summed E-state index contributed by atoms with van der Waals surface area (Å²) < 4.78 is 0. The van der Waals surface area contributed by atoms with Gasteiger partial charge in [-0.3, -0.25) is 4.79 Å². The Morgan fingerprint density at radius 2 is 2.20 bits per heavy atom. The number of nitrogens with zero attached hydrogens (tertiary/aromatic N) is 1. The van der Waals surface area contributed by atoms with Gasteiger partial charge in [-0.2, -0.15) is 0 Å². The smallest absolute Gasteiger partial charge is 0.251 e. The molecule has 0 fully saturated rings. The molecule has 4 nitrogen and oxygen atoms in total. The molecule has 0 aliphatic rings. The van der Waals surface area contributed by atoms with Gasteiger partial charge in [0, 0.05) is 34.8 Å². The lowest BCUT2D eigenvalue weighted by Gasteiger charge is -2.12. The van der Waals surface area contributed by atoms with Crippen LogP contribution in [0, 0.1) is 0 Å². The minimum atomic E-state index is -0.154. The van der Waals surface area contributed by atoms with Crippen LogP contribution in [-0.4, -0.2) is 16.0 Å². The van der Waals surface area contributed by atoms with Gasteiger partial charge >= 0.3 is 0 Å². The van der Waals surface area contributed by atoms with Gasteiger partial charge in [0.15, 0.2) is 5.16 Å². The van der Waals surface area contributed by atoms with E-state index in [1.807, 2.05) is 18.2 Å². The van der Waals surface area contributed by atoms with E-state index in [-0.39, 0.29) is 5.56 Å². The maximum absolute atomic E-state index is 11.3. The lowest BCUT2D eigenvalue weighted by atomic mass is 10.2. The zero-order chi connectivity index (χ0) is 14.5. The second kappa shape index (κ2) is 6.92. The number of rotatable bonds is 5. The number of benzene rings is 1. The Morgan fingerprint density at radius 3 is 2.90 bits per heavy atom. The third-order valence-corrected chi connectivity index (χ3v) is 3.83. The fraction of sp³-hybridized carbons (Fsp3) is 0.286. The second-order valence-corrected chi connectivity index (χ2v) is 6.10. The second-order valence-electron chi connectivity index (χ2n) is 4.63. The summed E-state index contributed by atoms with van der Waals surface area (Å²) in [7, 11) is 0. The maximum atomic E-state index is 11.3. The van der Waals surface area contributed by atoms with E-state index in [9.17, 15) is 4.79 Å². The molecule has 1 aromatic carbocycles. The predicted molar refractivity (Wildman–Crippen MR) is 82.4 cm³/mol. The molecule has 1 aromatic heterocycles.